The van der Waals surface area contributed by atoms with Gasteiger partial charge in [-0.1, -0.05) is 73.4 Å². The van der Waals surface area contributed by atoms with Crippen LogP contribution in [0.5, 0.6) is 5.75 Å². The molecule has 2 aromatic carbocycles. The lowest BCUT2D eigenvalue weighted by atomic mass is 9.72. The van der Waals surface area contributed by atoms with Crippen LogP contribution in [0.3, 0.4) is 0 Å². The summed E-state index contributed by atoms with van der Waals surface area (Å²) in [5.74, 6) is -3.40. The van der Waals surface area contributed by atoms with Crippen molar-refractivity contribution in [1.29, 1.82) is 0 Å². The summed E-state index contributed by atoms with van der Waals surface area (Å²) in [6.07, 6.45) is -1.68. The zero-order valence-electron chi connectivity index (χ0n) is 29.8. The number of hydrogen-bond donors (Lipinski definition) is 0. The lowest BCUT2D eigenvalue weighted by Crippen LogP contribution is -2.34. The van der Waals surface area contributed by atoms with Gasteiger partial charge in [0.2, 0.25) is 5.92 Å². The molecular weight excluding hydrogens is 643 g/mol. The Labute approximate surface area is 286 Å². The Balaban J connectivity index is 1.56. The van der Waals surface area contributed by atoms with Gasteiger partial charge in [-0.05, 0) is 72.8 Å². The second-order valence-electron chi connectivity index (χ2n) is 15.2. The first-order chi connectivity index (χ1) is 22.7. The van der Waals surface area contributed by atoms with Crippen molar-refractivity contribution in [3.63, 3.8) is 0 Å². The summed E-state index contributed by atoms with van der Waals surface area (Å²) in [6.45, 7) is 14.0. The number of hydrogen-bond acceptors (Lipinski definition) is 5. The molecule has 3 aromatic rings. The van der Waals surface area contributed by atoms with Crippen molar-refractivity contribution in [1.82, 2.24) is 0 Å². The van der Waals surface area contributed by atoms with E-state index in [-0.39, 0.29) is 71.2 Å². The Hall–Kier alpha value is -3.43. The fourth-order valence-electron chi connectivity index (χ4n) is 5.77. The molecule has 49 heavy (non-hydrogen) atoms. The van der Waals surface area contributed by atoms with E-state index in [2.05, 4.69) is 0 Å². The predicted octanol–water partition coefficient (Wildman–Crippen LogP) is 11.4. The molecule has 0 N–H and O–H groups in total. The number of carbonyl (C=O) groups is 1. The van der Waals surface area contributed by atoms with E-state index in [1.165, 1.54) is 18.2 Å². The molecule has 0 bridgehead atoms. The number of halogens is 5. The fourth-order valence-corrected chi connectivity index (χ4v) is 5.77. The van der Waals surface area contributed by atoms with Crippen LogP contribution >= 0.6 is 0 Å². The van der Waals surface area contributed by atoms with Gasteiger partial charge in [0.15, 0.2) is 0 Å². The van der Waals surface area contributed by atoms with E-state index in [1.54, 1.807) is 18.2 Å². The van der Waals surface area contributed by atoms with Crippen molar-refractivity contribution in [3.05, 3.63) is 64.0 Å². The van der Waals surface area contributed by atoms with Gasteiger partial charge in [-0.15, -0.1) is 0 Å². The zero-order valence-corrected chi connectivity index (χ0v) is 29.8. The van der Waals surface area contributed by atoms with Crippen LogP contribution in [-0.4, -0.2) is 25.1 Å². The fraction of sp³-hybridized carbons (Fsp3) is 0.590. The minimum absolute atomic E-state index is 0.0298. The summed E-state index contributed by atoms with van der Waals surface area (Å²) >= 11 is 0. The normalized spacial score (nSPS) is 13.5. The highest BCUT2D eigenvalue weighted by Gasteiger charge is 2.37. The molecule has 0 radical (unpaired) electrons. The highest BCUT2D eigenvalue weighted by molar-refractivity contribution is 5.83. The van der Waals surface area contributed by atoms with Crippen LogP contribution in [0.2, 0.25) is 0 Å². The van der Waals surface area contributed by atoms with Gasteiger partial charge in [0, 0.05) is 29.9 Å². The second-order valence-corrected chi connectivity index (χ2v) is 15.2. The van der Waals surface area contributed by atoms with E-state index in [0.717, 1.165) is 25.3 Å². The van der Waals surface area contributed by atoms with Gasteiger partial charge in [0.25, 0.3) is 0 Å². The predicted molar refractivity (Wildman–Crippen MR) is 183 cm³/mol. The molecule has 5 nitrogen and oxygen atoms in total. The molecule has 0 amide bonds. The average Bonchev–Trinajstić information content (AvgIpc) is 2.98. The smallest absolute Gasteiger partial charge is 0.417 e. The molecule has 0 fully saturated rings. The maximum atomic E-state index is 14.6. The highest BCUT2D eigenvalue weighted by Crippen LogP contribution is 2.39. The van der Waals surface area contributed by atoms with E-state index in [4.69, 9.17) is 13.9 Å². The third-order valence-corrected chi connectivity index (χ3v) is 8.49. The molecule has 0 aliphatic heterocycles. The lowest BCUT2D eigenvalue weighted by Gasteiger charge is -2.33. The van der Waals surface area contributed by atoms with Crippen LogP contribution in [0.1, 0.15) is 111 Å². The number of fused-ring (bicyclic) bond motifs is 1. The number of benzene rings is 2. The summed E-state index contributed by atoms with van der Waals surface area (Å²) in [7, 11) is 0. The summed E-state index contributed by atoms with van der Waals surface area (Å²) < 4.78 is 87.6. The average molecular weight is 695 g/mol. The molecule has 1 unspecified atom stereocenters. The molecular formula is C39H51F5O5. The van der Waals surface area contributed by atoms with Crippen molar-refractivity contribution < 1.29 is 40.6 Å². The number of aryl methyl sites for hydroxylation is 1. The summed E-state index contributed by atoms with van der Waals surface area (Å²) in [5, 5.41) is 0.390. The molecule has 0 aliphatic rings. The van der Waals surface area contributed by atoms with Crippen LogP contribution in [0.25, 0.3) is 22.1 Å². The lowest BCUT2D eigenvalue weighted by molar-refractivity contribution is -0.154. The topological polar surface area (TPSA) is 65.7 Å². The molecule has 0 spiro atoms. The van der Waals surface area contributed by atoms with E-state index >= 15 is 0 Å². The zero-order chi connectivity index (χ0) is 36.6. The van der Waals surface area contributed by atoms with Crippen LogP contribution < -0.4 is 10.4 Å². The Morgan fingerprint density at radius 1 is 0.816 bits per heavy atom. The third-order valence-electron chi connectivity index (χ3n) is 8.49. The number of rotatable bonds is 16. The van der Waals surface area contributed by atoms with Crippen LogP contribution in [0.15, 0.2) is 51.7 Å². The van der Waals surface area contributed by atoms with E-state index < -0.39 is 36.1 Å². The molecule has 1 aromatic heterocycles. The Morgan fingerprint density at radius 2 is 1.49 bits per heavy atom. The first-order valence-corrected chi connectivity index (χ1v) is 17.2. The second kappa shape index (κ2) is 16.5. The quantitative estimate of drug-likeness (QED) is 0.0646. The molecule has 1 atom stereocenters. The van der Waals surface area contributed by atoms with Gasteiger partial charge in [-0.2, -0.15) is 13.2 Å². The number of unbranched alkanes of at least 4 members (excludes halogenated alkanes) is 2. The van der Waals surface area contributed by atoms with Crippen LogP contribution in [0.4, 0.5) is 22.0 Å². The van der Waals surface area contributed by atoms with Crippen LogP contribution in [0, 0.1) is 16.7 Å². The Morgan fingerprint density at radius 3 is 2.10 bits per heavy atom. The van der Waals surface area contributed by atoms with E-state index in [0.29, 0.717) is 23.8 Å². The van der Waals surface area contributed by atoms with Crippen molar-refractivity contribution in [3.8, 4) is 16.9 Å². The monoisotopic (exact) mass is 694 g/mol. The largest absolute Gasteiger partial charge is 0.493 e. The third kappa shape index (κ3) is 12.4. The van der Waals surface area contributed by atoms with Gasteiger partial charge in [-0.3, -0.25) is 4.79 Å². The van der Waals surface area contributed by atoms with Crippen molar-refractivity contribution >= 4 is 16.9 Å². The van der Waals surface area contributed by atoms with Gasteiger partial charge >= 0.3 is 17.8 Å². The molecule has 0 aliphatic carbocycles. The minimum Gasteiger partial charge on any atom is -0.493 e. The van der Waals surface area contributed by atoms with Gasteiger partial charge in [-0.25, -0.2) is 13.6 Å². The van der Waals surface area contributed by atoms with Crippen molar-refractivity contribution in [2.45, 2.75) is 118 Å². The van der Waals surface area contributed by atoms with Crippen molar-refractivity contribution in [2.75, 3.05) is 13.2 Å². The number of carbonyl (C=O) groups excluding carboxylic acids is 1. The summed E-state index contributed by atoms with van der Waals surface area (Å²) in [4.78, 5) is 25.6. The summed E-state index contributed by atoms with van der Waals surface area (Å²) in [6, 6.07) is 9.89. The Bertz CT molecular complexity index is 1590. The van der Waals surface area contributed by atoms with Crippen LogP contribution in [-0.2, 0) is 22.1 Å². The maximum absolute atomic E-state index is 14.6. The van der Waals surface area contributed by atoms with E-state index in [9.17, 15) is 31.5 Å². The minimum atomic E-state index is -4.67. The standard InChI is InChI=1S/C39H51F5O5/c1-8-9-10-13-26-14-17-29(31(22-26)39(42,43)44)30-23-27-15-16-28(24-33(27)49-34(30)45)47-20-11-18-38(40,41)19-12-21-48-35(46)32(37(5,6)7)25-36(2,3)4/h14-17,22-24,32H,8-13,18-21,25H2,1-7H3. The molecule has 0 saturated heterocycles. The maximum Gasteiger partial charge on any atom is 0.417 e. The number of esters is 1. The SMILES string of the molecule is CCCCCc1ccc(-c2cc3ccc(OCCCC(F)(F)CCCOC(=O)C(CC(C)(C)C)C(C)(C)C)cc3oc2=O)c(C(F)(F)F)c1. The molecule has 1 heterocycles. The molecule has 272 valence electrons. The van der Waals surface area contributed by atoms with E-state index in [1.807, 2.05) is 48.5 Å². The van der Waals surface area contributed by atoms with Gasteiger partial charge in [0.1, 0.15) is 11.3 Å². The first-order valence-electron chi connectivity index (χ1n) is 17.2. The molecule has 3 rings (SSSR count). The highest BCUT2D eigenvalue weighted by atomic mass is 19.4. The number of ether oxygens (including phenoxy) is 2. The van der Waals surface area contributed by atoms with Gasteiger partial charge in [0.05, 0.1) is 30.3 Å². The molecule has 10 heteroatoms. The number of alkyl halides is 5. The van der Waals surface area contributed by atoms with Gasteiger partial charge < -0.3 is 13.9 Å². The first kappa shape index (κ1) is 40.0. The molecule has 0 saturated carbocycles. The Kier molecular flexibility index (Phi) is 13.5. The van der Waals surface area contributed by atoms with Crippen molar-refractivity contribution in [2.24, 2.45) is 16.7 Å². The summed E-state index contributed by atoms with van der Waals surface area (Å²) in [5.41, 5.74) is -2.02.